The Balaban J connectivity index is 2.18. The van der Waals surface area contributed by atoms with Crippen LogP contribution in [0.25, 0.3) is 0 Å². The Bertz CT molecular complexity index is 586. The van der Waals surface area contributed by atoms with Gasteiger partial charge >= 0.3 is 0 Å². The number of rotatable bonds is 3. The van der Waals surface area contributed by atoms with Gasteiger partial charge in [-0.2, -0.15) is 0 Å². The van der Waals surface area contributed by atoms with E-state index in [1.54, 1.807) is 6.07 Å². The molecule has 1 aliphatic rings. The van der Waals surface area contributed by atoms with E-state index in [4.69, 9.17) is 5.73 Å². The van der Waals surface area contributed by atoms with E-state index in [-0.39, 0.29) is 17.0 Å². The molecular weight excluding hydrogens is 277 g/mol. The van der Waals surface area contributed by atoms with Gasteiger partial charge in [0.1, 0.15) is 15.7 Å². The monoisotopic (exact) mass is 299 g/mol. The van der Waals surface area contributed by atoms with Crippen LogP contribution in [0.5, 0.6) is 0 Å². The minimum atomic E-state index is -3.04. The summed E-state index contributed by atoms with van der Waals surface area (Å²) in [6.45, 7) is 1.83. The van der Waals surface area contributed by atoms with Crippen LogP contribution in [0.1, 0.15) is 42.9 Å². The Hall–Kier alpha value is -0.940. The van der Waals surface area contributed by atoms with Gasteiger partial charge in [-0.15, -0.1) is 0 Å². The first-order valence-corrected chi connectivity index (χ1v) is 8.95. The minimum absolute atomic E-state index is 0.0284. The Morgan fingerprint density at radius 3 is 2.65 bits per heavy atom. The lowest BCUT2D eigenvalue weighted by Gasteiger charge is -2.32. The SMILES string of the molecule is Cc1ccc(C(N)C2CCCC(S(C)(=O)=O)C2)c(F)c1. The zero-order chi connectivity index (χ0) is 14.9. The maximum Gasteiger partial charge on any atom is 0.150 e. The molecule has 0 radical (unpaired) electrons. The Kier molecular flexibility index (Phi) is 4.49. The molecule has 2 rings (SSSR count). The minimum Gasteiger partial charge on any atom is -0.324 e. The van der Waals surface area contributed by atoms with Gasteiger partial charge in [-0.25, -0.2) is 12.8 Å². The second kappa shape index (κ2) is 5.82. The first kappa shape index (κ1) is 15.4. The summed E-state index contributed by atoms with van der Waals surface area (Å²) in [5.41, 5.74) is 7.54. The molecule has 0 bridgehead atoms. The van der Waals surface area contributed by atoms with Gasteiger partial charge in [0.2, 0.25) is 0 Å². The number of nitrogens with two attached hydrogens (primary N) is 1. The molecule has 3 unspecified atom stereocenters. The van der Waals surface area contributed by atoms with Crippen molar-refractivity contribution in [2.45, 2.75) is 43.9 Å². The average molecular weight is 299 g/mol. The van der Waals surface area contributed by atoms with E-state index in [9.17, 15) is 12.8 Å². The maximum atomic E-state index is 14.0. The van der Waals surface area contributed by atoms with Crippen LogP contribution in [-0.2, 0) is 9.84 Å². The van der Waals surface area contributed by atoms with Gasteiger partial charge in [0.15, 0.2) is 0 Å². The number of aryl methyl sites for hydroxylation is 1. The van der Waals surface area contributed by atoms with Crippen LogP contribution in [0, 0.1) is 18.7 Å². The quantitative estimate of drug-likeness (QED) is 0.933. The zero-order valence-corrected chi connectivity index (χ0v) is 12.8. The van der Waals surface area contributed by atoms with Crippen LogP contribution in [-0.4, -0.2) is 19.9 Å². The van der Waals surface area contributed by atoms with Gasteiger partial charge in [-0.1, -0.05) is 18.6 Å². The van der Waals surface area contributed by atoms with Crippen molar-refractivity contribution in [3.05, 3.63) is 35.1 Å². The lowest BCUT2D eigenvalue weighted by Crippen LogP contribution is -2.33. The molecule has 5 heteroatoms. The number of hydrogen-bond donors (Lipinski definition) is 1. The third-order valence-corrected chi connectivity index (χ3v) is 5.93. The van der Waals surface area contributed by atoms with Crippen LogP contribution < -0.4 is 5.73 Å². The molecule has 3 nitrogen and oxygen atoms in total. The van der Waals surface area contributed by atoms with Crippen molar-refractivity contribution < 1.29 is 12.8 Å². The topological polar surface area (TPSA) is 60.2 Å². The average Bonchev–Trinajstić information content (AvgIpc) is 2.37. The number of halogens is 1. The van der Waals surface area contributed by atoms with Crippen molar-refractivity contribution >= 4 is 9.84 Å². The molecule has 1 aromatic carbocycles. The van der Waals surface area contributed by atoms with Gasteiger partial charge in [0.05, 0.1) is 5.25 Å². The van der Waals surface area contributed by atoms with Crippen molar-refractivity contribution in [2.75, 3.05) is 6.26 Å². The highest BCUT2D eigenvalue weighted by Gasteiger charge is 2.33. The highest BCUT2D eigenvalue weighted by molar-refractivity contribution is 7.91. The van der Waals surface area contributed by atoms with Gasteiger partial charge in [-0.3, -0.25) is 0 Å². The summed E-state index contributed by atoms with van der Waals surface area (Å²) in [7, 11) is -3.04. The molecule has 0 aliphatic heterocycles. The lowest BCUT2D eigenvalue weighted by molar-refractivity contribution is 0.304. The van der Waals surface area contributed by atoms with Crippen molar-refractivity contribution in [1.29, 1.82) is 0 Å². The highest BCUT2D eigenvalue weighted by Crippen LogP contribution is 2.36. The predicted octanol–water partition coefficient (Wildman–Crippen LogP) is 2.74. The molecule has 1 fully saturated rings. The smallest absolute Gasteiger partial charge is 0.150 e. The molecule has 0 saturated heterocycles. The first-order chi connectivity index (χ1) is 9.29. The van der Waals surface area contributed by atoms with Crippen LogP contribution in [0.2, 0.25) is 0 Å². The maximum absolute atomic E-state index is 14.0. The highest BCUT2D eigenvalue weighted by atomic mass is 32.2. The van der Waals surface area contributed by atoms with Crippen molar-refractivity contribution in [1.82, 2.24) is 0 Å². The molecule has 1 aromatic rings. The molecule has 1 aliphatic carbocycles. The van der Waals surface area contributed by atoms with E-state index in [0.29, 0.717) is 18.4 Å². The number of sulfone groups is 1. The summed E-state index contributed by atoms with van der Waals surface area (Å²) >= 11 is 0. The summed E-state index contributed by atoms with van der Waals surface area (Å²) in [6, 6.07) is 4.61. The molecule has 0 heterocycles. The van der Waals surface area contributed by atoms with Crippen LogP contribution in [0.15, 0.2) is 18.2 Å². The molecule has 0 aromatic heterocycles. The van der Waals surface area contributed by atoms with E-state index in [2.05, 4.69) is 0 Å². The predicted molar refractivity (Wildman–Crippen MR) is 78.7 cm³/mol. The second-order valence-corrected chi connectivity index (χ2v) is 8.25. The number of hydrogen-bond acceptors (Lipinski definition) is 3. The molecule has 0 spiro atoms. The molecule has 1 saturated carbocycles. The first-order valence-electron chi connectivity index (χ1n) is 6.99. The Labute approximate surface area is 120 Å². The summed E-state index contributed by atoms with van der Waals surface area (Å²) in [5.74, 6) is -0.264. The summed E-state index contributed by atoms with van der Waals surface area (Å²) < 4.78 is 37.4. The largest absolute Gasteiger partial charge is 0.324 e. The van der Waals surface area contributed by atoms with Gasteiger partial charge < -0.3 is 5.73 Å². The fraction of sp³-hybridized carbons (Fsp3) is 0.600. The van der Waals surface area contributed by atoms with Crippen LogP contribution >= 0.6 is 0 Å². The summed E-state index contributed by atoms with van der Waals surface area (Å²) in [5, 5.41) is -0.333. The van der Waals surface area contributed by atoms with Crippen molar-refractivity contribution in [3.63, 3.8) is 0 Å². The van der Waals surface area contributed by atoms with Crippen molar-refractivity contribution in [2.24, 2.45) is 11.7 Å². The van der Waals surface area contributed by atoms with E-state index in [0.717, 1.165) is 18.4 Å². The third-order valence-electron chi connectivity index (χ3n) is 4.30. The summed E-state index contributed by atoms with van der Waals surface area (Å²) in [4.78, 5) is 0. The molecule has 0 amide bonds. The fourth-order valence-electron chi connectivity index (χ4n) is 3.05. The van der Waals surface area contributed by atoms with Gasteiger partial charge in [0.25, 0.3) is 0 Å². The van der Waals surface area contributed by atoms with Gasteiger partial charge in [0, 0.05) is 17.9 Å². The third kappa shape index (κ3) is 3.38. The van der Waals surface area contributed by atoms with Crippen LogP contribution in [0.4, 0.5) is 4.39 Å². The second-order valence-electron chi connectivity index (χ2n) is 5.93. The van der Waals surface area contributed by atoms with E-state index >= 15 is 0 Å². The molecule has 2 N–H and O–H groups in total. The van der Waals surface area contributed by atoms with Gasteiger partial charge in [-0.05, 0) is 43.7 Å². The number of benzene rings is 1. The van der Waals surface area contributed by atoms with E-state index < -0.39 is 15.9 Å². The van der Waals surface area contributed by atoms with Crippen molar-refractivity contribution in [3.8, 4) is 0 Å². The Morgan fingerprint density at radius 1 is 1.35 bits per heavy atom. The molecular formula is C15H22FNO2S. The molecule has 112 valence electrons. The zero-order valence-electron chi connectivity index (χ0n) is 12.0. The normalized spacial score (nSPS) is 25.4. The summed E-state index contributed by atoms with van der Waals surface area (Å²) in [6.07, 6.45) is 4.20. The molecule has 3 atom stereocenters. The van der Waals surface area contributed by atoms with E-state index in [1.807, 2.05) is 13.0 Å². The lowest BCUT2D eigenvalue weighted by atomic mass is 9.81. The standard InChI is InChI=1S/C15H22FNO2S/c1-10-6-7-13(14(16)8-10)15(17)11-4-3-5-12(9-11)20(2,18)19/h6-8,11-12,15H,3-5,9,17H2,1-2H3. The van der Waals surface area contributed by atoms with E-state index in [1.165, 1.54) is 12.3 Å². The molecule has 20 heavy (non-hydrogen) atoms. The Morgan fingerprint density at radius 2 is 2.05 bits per heavy atom. The fourth-order valence-corrected chi connectivity index (χ4v) is 4.24. The van der Waals surface area contributed by atoms with Crippen LogP contribution in [0.3, 0.4) is 0 Å².